The Morgan fingerprint density at radius 3 is 2.39 bits per heavy atom. The third kappa shape index (κ3) is 3.23. The fourth-order valence-corrected chi connectivity index (χ4v) is 3.10. The maximum atomic E-state index is 13.4. The predicted molar refractivity (Wildman–Crippen MR) is 107 cm³/mol. The van der Waals surface area contributed by atoms with Crippen LogP contribution in [0, 0.1) is 12.7 Å². The zero-order valence-corrected chi connectivity index (χ0v) is 16.0. The Kier molecular flexibility index (Phi) is 4.57. The van der Waals surface area contributed by atoms with E-state index in [1.807, 2.05) is 13.0 Å². The molecule has 28 heavy (non-hydrogen) atoms. The van der Waals surface area contributed by atoms with E-state index in [1.54, 1.807) is 54.0 Å². The number of rotatable bonds is 3. The minimum Gasteiger partial charge on any atom is -0.310 e. The number of hydrogen-bond donors (Lipinski definition) is 0. The Labute approximate surface area is 166 Å². The molecule has 0 unspecified atom stereocenters. The lowest BCUT2D eigenvalue weighted by Gasteiger charge is -2.18. The second-order valence-electron chi connectivity index (χ2n) is 6.40. The van der Waals surface area contributed by atoms with Gasteiger partial charge >= 0.3 is 0 Å². The van der Waals surface area contributed by atoms with Crippen molar-refractivity contribution in [1.82, 2.24) is 14.4 Å². The van der Waals surface area contributed by atoms with Gasteiger partial charge in [0.05, 0.1) is 0 Å². The summed E-state index contributed by atoms with van der Waals surface area (Å²) in [4.78, 5) is 23.9. The maximum Gasteiger partial charge on any atom is 0.277 e. The number of halogens is 2. The van der Waals surface area contributed by atoms with Crippen molar-refractivity contribution < 1.29 is 9.18 Å². The van der Waals surface area contributed by atoms with Gasteiger partial charge in [-0.1, -0.05) is 11.6 Å². The fraction of sp³-hybridized carbons (Fsp3) is 0.0952. The molecule has 140 valence electrons. The SMILES string of the molecule is Cc1ccn2c(C(=O)N(C)c3ccc(Cl)cc3)c(-c3ccc(F)cc3)nc2n1. The summed E-state index contributed by atoms with van der Waals surface area (Å²) in [6.45, 7) is 1.85. The molecule has 0 aliphatic heterocycles. The zero-order valence-electron chi connectivity index (χ0n) is 15.2. The maximum absolute atomic E-state index is 13.4. The minimum absolute atomic E-state index is 0.264. The number of carbonyl (C=O) groups excluding carboxylic acids is 1. The molecular formula is C21H16ClFN4O. The highest BCUT2D eigenvalue weighted by Crippen LogP contribution is 2.27. The summed E-state index contributed by atoms with van der Waals surface area (Å²) in [7, 11) is 1.68. The molecule has 7 heteroatoms. The normalized spacial score (nSPS) is 11.0. The highest BCUT2D eigenvalue weighted by atomic mass is 35.5. The summed E-state index contributed by atoms with van der Waals surface area (Å²) in [6.07, 6.45) is 1.76. The van der Waals surface area contributed by atoms with Crippen molar-refractivity contribution in [3.63, 3.8) is 0 Å². The monoisotopic (exact) mass is 394 g/mol. The van der Waals surface area contributed by atoms with Crippen molar-refractivity contribution in [3.8, 4) is 11.3 Å². The quantitative estimate of drug-likeness (QED) is 0.502. The van der Waals surface area contributed by atoms with Crippen molar-refractivity contribution in [2.45, 2.75) is 6.92 Å². The van der Waals surface area contributed by atoms with E-state index in [2.05, 4.69) is 9.97 Å². The molecular weight excluding hydrogens is 379 g/mol. The van der Waals surface area contributed by atoms with Crippen molar-refractivity contribution in [2.75, 3.05) is 11.9 Å². The first kappa shape index (κ1) is 18.1. The molecule has 4 rings (SSSR count). The minimum atomic E-state index is -0.354. The van der Waals surface area contributed by atoms with Gasteiger partial charge in [-0.25, -0.2) is 14.4 Å². The largest absolute Gasteiger partial charge is 0.310 e. The number of nitrogens with zero attached hydrogens (tertiary/aromatic N) is 4. The number of benzene rings is 2. The Balaban J connectivity index is 1.88. The molecule has 1 amide bonds. The number of carbonyl (C=O) groups is 1. The molecule has 5 nitrogen and oxygen atoms in total. The molecule has 0 saturated heterocycles. The van der Waals surface area contributed by atoms with Gasteiger partial charge in [-0.15, -0.1) is 0 Å². The number of anilines is 1. The number of aromatic nitrogens is 3. The van der Waals surface area contributed by atoms with Crippen molar-refractivity contribution in [1.29, 1.82) is 0 Å². The van der Waals surface area contributed by atoms with Crippen LogP contribution in [0.3, 0.4) is 0 Å². The Hall–Kier alpha value is -3.25. The smallest absolute Gasteiger partial charge is 0.277 e. The highest BCUT2D eigenvalue weighted by Gasteiger charge is 2.25. The fourth-order valence-electron chi connectivity index (χ4n) is 2.97. The number of aryl methyl sites for hydroxylation is 1. The van der Waals surface area contributed by atoms with Gasteiger partial charge in [0, 0.05) is 35.2 Å². The Morgan fingerprint density at radius 1 is 1.04 bits per heavy atom. The lowest BCUT2D eigenvalue weighted by Crippen LogP contribution is -2.28. The Bertz CT molecular complexity index is 1170. The van der Waals surface area contributed by atoms with E-state index in [1.165, 1.54) is 17.0 Å². The molecule has 2 heterocycles. The third-order valence-electron chi connectivity index (χ3n) is 4.47. The summed E-state index contributed by atoms with van der Waals surface area (Å²) >= 11 is 5.95. The van der Waals surface area contributed by atoms with E-state index in [4.69, 9.17) is 11.6 Å². The molecule has 0 aliphatic carbocycles. The van der Waals surface area contributed by atoms with Crippen LogP contribution in [0.5, 0.6) is 0 Å². The van der Waals surface area contributed by atoms with E-state index in [0.29, 0.717) is 33.4 Å². The van der Waals surface area contributed by atoms with Crippen LogP contribution in [0.15, 0.2) is 60.8 Å². The summed E-state index contributed by atoms with van der Waals surface area (Å²) in [5, 5.41) is 0.589. The highest BCUT2D eigenvalue weighted by molar-refractivity contribution is 6.30. The number of amides is 1. The number of hydrogen-bond acceptors (Lipinski definition) is 3. The van der Waals surface area contributed by atoms with Gasteiger partial charge in [0.1, 0.15) is 17.2 Å². The molecule has 0 N–H and O–H groups in total. The van der Waals surface area contributed by atoms with Gasteiger partial charge in [-0.3, -0.25) is 9.20 Å². The topological polar surface area (TPSA) is 50.5 Å². The van der Waals surface area contributed by atoms with Gasteiger partial charge in [0.25, 0.3) is 5.91 Å². The molecule has 2 aromatic heterocycles. The molecule has 0 atom stereocenters. The van der Waals surface area contributed by atoms with Crippen molar-refractivity contribution in [2.24, 2.45) is 0 Å². The predicted octanol–water partition coefficient (Wildman–Crippen LogP) is 4.77. The van der Waals surface area contributed by atoms with Crippen LogP contribution in [-0.2, 0) is 0 Å². The van der Waals surface area contributed by atoms with E-state index < -0.39 is 0 Å². The molecule has 0 radical (unpaired) electrons. The van der Waals surface area contributed by atoms with Crippen LogP contribution in [0.1, 0.15) is 16.2 Å². The second kappa shape index (κ2) is 7.05. The third-order valence-corrected chi connectivity index (χ3v) is 4.72. The van der Waals surface area contributed by atoms with E-state index in [9.17, 15) is 9.18 Å². The van der Waals surface area contributed by atoms with Gasteiger partial charge in [0.15, 0.2) is 0 Å². The molecule has 0 bridgehead atoms. The van der Waals surface area contributed by atoms with E-state index in [-0.39, 0.29) is 11.7 Å². The van der Waals surface area contributed by atoms with Crippen molar-refractivity contribution in [3.05, 3.63) is 83.0 Å². The van der Waals surface area contributed by atoms with E-state index >= 15 is 0 Å². The van der Waals surface area contributed by atoms with Crippen LogP contribution in [-0.4, -0.2) is 27.3 Å². The summed E-state index contributed by atoms with van der Waals surface area (Å²) in [6, 6.07) is 14.7. The molecule has 0 saturated carbocycles. The van der Waals surface area contributed by atoms with E-state index in [0.717, 1.165) is 5.69 Å². The zero-order chi connectivity index (χ0) is 19.8. The van der Waals surface area contributed by atoms with Crippen LogP contribution < -0.4 is 4.90 Å². The van der Waals surface area contributed by atoms with Gasteiger partial charge in [-0.2, -0.15) is 0 Å². The molecule has 0 fully saturated rings. The summed E-state index contributed by atoms with van der Waals surface area (Å²) < 4.78 is 15.0. The van der Waals surface area contributed by atoms with Crippen molar-refractivity contribution >= 4 is 29.0 Å². The summed E-state index contributed by atoms with van der Waals surface area (Å²) in [5.74, 6) is -0.209. The standard InChI is InChI=1S/C21H16ClFN4O/c1-13-11-12-27-19(20(28)26(2)17-9-5-15(22)6-10-17)18(25-21(27)24-13)14-3-7-16(23)8-4-14/h3-12H,1-2H3. The Morgan fingerprint density at radius 2 is 1.71 bits per heavy atom. The molecule has 2 aromatic carbocycles. The number of imidazole rings is 1. The average molecular weight is 395 g/mol. The van der Waals surface area contributed by atoms with Gasteiger partial charge in [-0.05, 0) is 61.5 Å². The van der Waals surface area contributed by atoms with Gasteiger partial charge in [0.2, 0.25) is 5.78 Å². The van der Waals surface area contributed by atoms with Gasteiger partial charge < -0.3 is 4.90 Å². The molecule has 0 spiro atoms. The molecule has 0 aliphatic rings. The van der Waals surface area contributed by atoms with Crippen LogP contribution in [0.2, 0.25) is 5.02 Å². The van der Waals surface area contributed by atoms with Crippen LogP contribution in [0.25, 0.3) is 17.0 Å². The summed E-state index contributed by atoms with van der Waals surface area (Å²) in [5.41, 5.74) is 2.91. The molecule has 4 aromatic rings. The lowest BCUT2D eigenvalue weighted by molar-refractivity contribution is 0.0988. The lowest BCUT2D eigenvalue weighted by atomic mass is 10.1. The first-order chi connectivity index (χ1) is 13.4. The number of fused-ring (bicyclic) bond motifs is 1. The first-order valence-electron chi connectivity index (χ1n) is 8.59. The van der Waals surface area contributed by atoms with Crippen LogP contribution in [0.4, 0.5) is 10.1 Å². The second-order valence-corrected chi connectivity index (χ2v) is 6.83. The van der Waals surface area contributed by atoms with Crippen LogP contribution >= 0.6 is 11.6 Å². The average Bonchev–Trinajstić information content (AvgIpc) is 3.06. The first-order valence-corrected chi connectivity index (χ1v) is 8.97.